The van der Waals surface area contributed by atoms with Gasteiger partial charge in [0, 0.05) is 19.5 Å². The maximum absolute atomic E-state index is 12.9. The highest BCUT2D eigenvalue weighted by atomic mass is 32.1. The van der Waals surface area contributed by atoms with Gasteiger partial charge in [0.05, 0.1) is 10.4 Å². The van der Waals surface area contributed by atoms with Crippen LogP contribution in [0.15, 0.2) is 72.1 Å². The van der Waals surface area contributed by atoms with E-state index >= 15 is 0 Å². The standard InChI is InChI=1S/C22H20N4OS/c1-26(2)22(27)19(15-9-4-3-5-10-15)24-20-16-11-6-7-12-17(16)23-21(25-20)18-13-8-14-28-18/h3-14,19H,1-2H3,(H,23,24,25)/t19-/m0/s1. The molecule has 4 aromatic rings. The Bertz CT molecular complexity index is 1090. The van der Waals surface area contributed by atoms with Crippen LogP contribution in [-0.2, 0) is 4.79 Å². The molecule has 1 atom stereocenters. The number of nitrogens with one attached hydrogen (secondary N) is 1. The van der Waals surface area contributed by atoms with E-state index in [0.29, 0.717) is 11.6 Å². The van der Waals surface area contributed by atoms with Crippen molar-refractivity contribution in [2.75, 3.05) is 19.4 Å². The lowest BCUT2D eigenvalue weighted by Crippen LogP contribution is -2.32. The molecule has 0 unspecified atom stereocenters. The number of fused-ring (bicyclic) bond motifs is 1. The number of rotatable bonds is 5. The summed E-state index contributed by atoms with van der Waals surface area (Å²) < 4.78 is 0. The zero-order chi connectivity index (χ0) is 19.5. The van der Waals surface area contributed by atoms with Gasteiger partial charge in [-0.05, 0) is 29.1 Å². The number of nitrogens with zero attached hydrogens (tertiary/aromatic N) is 3. The van der Waals surface area contributed by atoms with Crippen molar-refractivity contribution in [1.82, 2.24) is 14.9 Å². The Hall–Kier alpha value is -3.25. The van der Waals surface area contributed by atoms with Crippen molar-refractivity contribution in [2.45, 2.75) is 6.04 Å². The van der Waals surface area contributed by atoms with Gasteiger partial charge in [-0.3, -0.25) is 4.79 Å². The summed E-state index contributed by atoms with van der Waals surface area (Å²) >= 11 is 1.59. The predicted molar refractivity (Wildman–Crippen MR) is 114 cm³/mol. The Balaban J connectivity index is 1.83. The summed E-state index contributed by atoms with van der Waals surface area (Å²) in [6.07, 6.45) is 0. The normalized spacial score (nSPS) is 11.9. The number of aromatic nitrogens is 2. The minimum Gasteiger partial charge on any atom is -0.354 e. The van der Waals surface area contributed by atoms with Gasteiger partial charge in [0.1, 0.15) is 11.9 Å². The first-order chi connectivity index (χ1) is 13.6. The SMILES string of the molecule is CN(C)C(=O)[C@@H](Nc1nc(-c2cccs2)nc2ccccc12)c1ccccc1. The second kappa shape index (κ2) is 7.78. The number of hydrogen-bond donors (Lipinski definition) is 1. The molecular formula is C22H20N4OS. The molecule has 4 rings (SSSR count). The second-order valence-electron chi connectivity index (χ2n) is 6.61. The Morgan fingerprint density at radius 3 is 2.43 bits per heavy atom. The Morgan fingerprint density at radius 2 is 1.71 bits per heavy atom. The van der Waals surface area contributed by atoms with E-state index in [-0.39, 0.29) is 5.91 Å². The summed E-state index contributed by atoms with van der Waals surface area (Å²) in [4.78, 5) is 25.0. The van der Waals surface area contributed by atoms with Crippen molar-refractivity contribution in [3.8, 4) is 10.7 Å². The minimum absolute atomic E-state index is 0.0356. The smallest absolute Gasteiger partial charge is 0.249 e. The number of para-hydroxylation sites is 1. The molecule has 0 radical (unpaired) electrons. The third-order valence-corrected chi connectivity index (χ3v) is 5.31. The van der Waals surface area contributed by atoms with Crippen LogP contribution >= 0.6 is 11.3 Å². The van der Waals surface area contributed by atoms with Gasteiger partial charge < -0.3 is 10.2 Å². The lowest BCUT2D eigenvalue weighted by Gasteiger charge is -2.23. The summed E-state index contributed by atoms with van der Waals surface area (Å²) in [7, 11) is 3.52. The maximum Gasteiger partial charge on any atom is 0.249 e. The van der Waals surface area contributed by atoms with Gasteiger partial charge >= 0.3 is 0 Å². The van der Waals surface area contributed by atoms with E-state index in [0.717, 1.165) is 21.3 Å². The van der Waals surface area contributed by atoms with Crippen molar-refractivity contribution in [1.29, 1.82) is 0 Å². The molecule has 0 aliphatic heterocycles. The summed E-state index contributed by atoms with van der Waals surface area (Å²) in [5.41, 5.74) is 1.73. The van der Waals surface area contributed by atoms with Crippen molar-refractivity contribution >= 4 is 34.0 Å². The predicted octanol–water partition coefficient (Wildman–Crippen LogP) is 4.60. The number of thiophene rings is 1. The highest BCUT2D eigenvalue weighted by Crippen LogP contribution is 2.30. The van der Waals surface area contributed by atoms with Gasteiger partial charge in [0.25, 0.3) is 0 Å². The fourth-order valence-electron chi connectivity index (χ4n) is 3.03. The third-order valence-electron chi connectivity index (χ3n) is 4.45. The van der Waals surface area contributed by atoms with Gasteiger partial charge in [0.15, 0.2) is 5.82 Å². The molecule has 2 heterocycles. The van der Waals surface area contributed by atoms with E-state index in [1.165, 1.54) is 0 Å². The van der Waals surface area contributed by atoms with Crippen LogP contribution < -0.4 is 5.32 Å². The van der Waals surface area contributed by atoms with E-state index in [2.05, 4.69) is 5.32 Å². The first-order valence-corrected chi connectivity index (χ1v) is 9.85. The third kappa shape index (κ3) is 3.59. The van der Waals surface area contributed by atoms with Crippen LogP contribution in [-0.4, -0.2) is 34.9 Å². The summed E-state index contributed by atoms with van der Waals surface area (Å²) in [5, 5.41) is 6.27. The topological polar surface area (TPSA) is 58.1 Å². The molecule has 5 nitrogen and oxygen atoms in total. The molecule has 2 aromatic heterocycles. The summed E-state index contributed by atoms with van der Waals surface area (Å²) in [6, 6.07) is 21.0. The number of benzene rings is 2. The molecule has 1 N–H and O–H groups in total. The lowest BCUT2D eigenvalue weighted by atomic mass is 10.1. The quantitative estimate of drug-likeness (QED) is 0.543. The first kappa shape index (κ1) is 18.1. The maximum atomic E-state index is 12.9. The van der Waals surface area contributed by atoms with Crippen LogP contribution in [0, 0.1) is 0 Å². The van der Waals surface area contributed by atoms with Crippen LogP contribution in [0.25, 0.3) is 21.6 Å². The molecule has 0 aliphatic rings. The average Bonchev–Trinajstić information content (AvgIpc) is 3.26. The van der Waals surface area contributed by atoms with Crippen molar-refractivity contribution < 1.29 is 4.79 Å². The number of likely N-dealkylation sites (N-methyl/N-ethyl adjacent to an activating group) is 1. The molecule has 0 spiro atoms. The molecule has 0 fully saturated rings. The van der Waals surface area contributed by atoms with Gasteiger partial charge in [0.2, 0.25) is 5.91 Å². The van der Waals surface area contributed by atoms with E-state index in [1.54, 1.807) is 30.3 Å². The van der Waals surface area contributed by atoms with Gasteiger partial charge in [-0.25, -0.2) is 9.97 Å². The van der Waals surface area contributed by atoms with Crippen LogP contribution in [0.4, 0.5) is 5.82 Å². The molecule has 1 amide bonds. The van der Waals surface area contributed by atoms with Crippen LogP contribution in [0.5, 0.6) is 0 Å². The Labute approximate surface area is 167 Å². The molecule has 2 aromatic carbocycles. The molecule has 0 bridgehead atoms. The monoisotopic (exact) mass is 388 g/mol. The number of anilines is 1. The summed E-state index contributed by atoms with van der Waals surface area (Å²) in [6.45, 7) is 0. The van der Waals surface area contributed by atoms with E-state index < -0.39 is 6.04 Å². The highest BCUT2D eigenvalue weighted by Gasteiger charge is 2.24. The van der Waals surface area contributed by atoms with Gasteiger partial charge in [-0.2, -0.15) is 0 Å². The summed E-state index contributed by atoms with van der Waals surface area (Å²) in [5.74, 6) is 1.27. The number of carbonyl (C=O) groups excluding carboxylic acids is 1. The van der Waals surface area contributed by atoms with Crippen LogP contribution in [0.3, 0.4) is 0 Å². The van der Waals surface area contributed by atoms with Crippen molar-refractivity contribution in [2.24, 2.45) is 0 Å². The molecule has 0 aliphatic carbocycles. The molecule has 0 saturated heterocycles. The average molecular weight is 388 g/mol. The van der Waals surface area contributed by atoms with Crippen molar-refractivity contribution in [3.05, 3.63) is 77.7 Å². The largest absolute Gasteiger partial charge is 0.354 e. The number of hydrogen-bond acceptors (Lipinski definition) is 5. The molecule has 0 saturated carbocycles. The van der Waals surface area contributed by atoms with Gasteiger partial charge in [-0.1, -0.05) is 48.5 Å². The van der Waals surface area contributed by atoms with E-state index in [4.69, 9.17) is 9.97 Å². The molecule has 28 heavy (non-hydrogen) atoms. The second-order valence-corrected chi connectivity index (χ2v) is 7.56. The van der Waals surface area contributed by atoms with E-state index in [9.17, 15) is 4.79 Å². The molecule has 140 valence electrons. The molecular weight excluding hydrogens is 368 g/mol. The fourth-order valence-corrected chi connectivity index (χ4v) is 3.69. The number of amides is 1. The zero-order valence-corrected chi connectivity index (χ0v) is 16.5. The molecule has 6 heteroatoms. The first-order valence-electron chi connectivity index (χ1n) is 8.97. The minimum atomic E-state index is -0.536. The number of carbonyl (C=O) groups is 1. The lowest BCUT2D eigenvalue weighted by molar-refractivity contribution is -0.129. The zero-order valence-electron chi connectivity index (χ0n) is 15.7. The highest BCUT2D eigenvalue weighted by molar-refractivity contribution is 7.13. The van der Waals surface area contributed by atoms with Gasteiger partial charge in [-0.15, -0.1) is 11.3 Å². The Kier molecular flexibility index (Phi) is 5.04. The van der Waals surface area contributed by atoms with Crippen LogP contribution in [0.1, 0.15) is 11.6 Å². The van der Waals surface area contributed by atoms with Crippen LogP contribution in [0.2, 0.25) is 0 Å². The van der Waals surface area contributed by atoms with E-state index in [1.807, 2.05) is 72.1 Å². The fraction of sp³-hybridized carbons (Fsp3) is 0.136. The Morgan fingerprint density at radius 1 is 0.964 bits per heavy atom. The van der Waals surface area contributed by atoms with Crippen molar-refractivity contribution in [3.63, 3.8) is 0 Å².